The van der Waals surface area contributed by atoms with Gasteiger partial charge < -0.3 is 14.5 Å². The molecule has 0 amide bonds. The Balaban J connectivity index is 1.62. The first kappa shape index (κ1) is 15.4. The maximum Gasteiger partial charge on any atom is 0.253 e. The molecule has 0 atom stereocenters. The summed E-state index contributed by atoms with van der Waals surface area (Å²) in [5.41, 5.74) is 0.348. The summed E-state index contributed by atoms with van der Waals surface area (Å²) in [4.78, 5) is 3.95. The van der Waals surface area contributed by atoms with Gasteiger partial charge in [-0.3, -0.25) is 0 Å². The second-order valence-corrected chi connectivity index (χ2v) is 5.81. The van der Waals surface area contributed by atoms with Gasteiger partial charge in [0.2, 0.25) is 5.89 Å². The van der Waals surface area contributed by atoms with Gasteiger partial charge in [-0.05, 0) is 38.4 Å². The Morgan fingerprint density at radius 1 is 1.43 bits per heavy atom. The quantitative estimate of drug-likeness (QED) is 0.870. The SMILES string of the molecule is CCC1(c2nnc(COc3ccc(C#N)nc3)o2)CC(NC)C1. The number of pyridine rings is 1. The number of hydrogen-bond acceptors (Lipinski definition) is 7. The van der Waals surface area contributed by atoms with Crippen LogP contribution < -0.4 is 10.1 Å². The Morgan fingerprint density at radius 2 is 2.26 bits per heavy atom. The predicted octanol–water partition coefficient (Wildman–Crippen LogP) is 1.94. The molecule has 23 heavy (non-hydrogen) atoms. The van der Waals surface area contributed by atoms with Crippen LogP contribution in [-0.2, 0) is 12.0 Å². The maximum absolute atomic E-state index is 8.71. The highest BCUT2D eigenvalue weighted by Gasteiger charge is 2.47. The fourth-order valence-corrected chi connectivity index (χ4v) is 2.91. The summed E-state index contributed by atoms with van der Waals surface area (Å²) in [6, 6.07) is 5.78. The van der Waals surface area contributed by atoms with Gasteiger partial charge in [0.15, 0.2) is 6.61 Å². The molecule has 0 aliphatic heterocycles. The van der Waals surface area contributed by atoms with E-state index in [1.54, 1.807) is 12.1 Å². The van der Waals surface area contributed by atoms with Crippen molar-refractivity contribution >= 4 is 0 Å². The molecule has 1 aliphatic rings. The monoisotopic (exact) mass is 313 g/mol. The Kier molecular flexibility index (Phi) is 4.26. The third kappa shape index (κ3) is 3.03. The molecule has 1 N–H and O–H groups in total. The van der Waals surface area contributed by atoms with Gasteiger partial charge >= 0.3 is 0 Å². The molecule has 0 radical (unpaired) electrons. The van der Waals surface area contributed by atoms with E-state index in [0.29, 0.717) is 29.3 Å². The van der Waals surface area contributed by atoms with E-state index in [-0.39, 0.29) is 12.0 Å². The standard InChI is InChI=1S/C16H19N5O2/c1-3-16(6-12(7-16)18-2)15-21-20-14(23-15)10-22-13-5-4-11(8-17)19-9-13/h4-5,9,12,18H,3,6-7,10H2,1-2H3. The smallest absolute Gasteiger partial charge is 0.253 e. The lowest BCUT2D eigenvalue weighted by atomic mass is 9.64. The van der Waals surface area contributed by atoms with Crippen molar-refractivity contribution in [3.63, 3.8) is 0 Å². The highest BCUT2D eigenvalue weighted by Crippen LogP contribution is 2.45. The zero-order valence-corrected chi connectivity index (χ0v) is 13.2. The van der Waals surface area contributed by atoms with E-state index in [2.05, 4.69) is 27.4 Å². The zero-order chi connectivity index (χ0) is 16.3. The highest BCUT2D eigenvalue weighted by molar-refractivity contribution is 5.26. The molecule has 2 aromatic heterocycles. The Bertz CT molecular complexity index is 698. The largest absolute Gasteiger partial charge is 0.482 e. The van der Waals surface area contributed by atoms with Gasteiger partial charge in [-0.2, -0.15) is 5.26 Å². The second kappa shape index (κ2) is 6.34. The number of nitrogens with zero attached hydrogens (tertiary/aromatic N) is 4. The molecular weight excluding hydrogens is 294 g/mol. The van der Waals surface area contributed by atoms with Gasteiger partial charge in [-0.15, -0.1) is 10.2 Å². The number of ether oxygens (including phenoxy) is 1. The van der Waals surface area contributed by atoms with Crippen LogP contribution in [0.1, 0.15) is 43.7 Å². The molecule has 2 heterocycles. The minimum atomic E-state index is -0.00503. The van der Waals surface area contributed by atoms with E-state index >= 15 is 0 Å². The van der Waals surface area contributed by atoms with Crippen LogP contribution in [-0.4, -0.2) is 28.3 Å². The summed E-state index contributed by atoms with van der Waals surface area (Å²) in [5, 5.41) is 20.3. The van der Waals surface area contributed by atoms with E-state index in [4.69, 9.17) is 14.4 Å². The lowest BCUT2D eigenvalue weighted by Crippen LogP contribution is -2.50. The minimum absolute atomic E-state index is 0.00503. The molecule has 3 rings (SSSR count). The van der Waals surface area contributed by atoms with E-state index in [0.717, 1.165) is 19.3 Å². The zero-order valence-electron chi connectivity index (χ0n) is 13.2. The average molecular weight is 313 g/mol. The molecule has 0 aromatic carbocycles. The fourth-order valence-electron chi connectivity index (χ4n) is 2.91. The van der Waals surface area contributed by atoms with Gasteiger partial charge in [-0.25, -0.2) is 4.98 Å². The number of nitrogens with one attached hydrogen (secondary N) is 1. The lowest BCUT2D eigenvalue weighted by Gasteiger charge is -2.44. The van der Waals surface area contributed by atoms with Crippen LogP contribution in [0.25, 0.3) is 0 Å². The third-order valence-electron chi connectivity index (χ3n) is 4.49. The molecule has 1 fully saturated rings. The van der Waals surface area contributed by atoms with Crippen molar-refractivity contribution in [3.05, 3.63) is 35.8 Å². The van der Waals surface area contributed by atoms with Gasteiger partial charge in [0.25, 0.3) is 5.89 Å². The first-order valence-electron chi connectivity index (χ1n) is 7.68. The van der Waals surface area contributed by atoms with Crippen LogP contribution >= 0.6 is 0 Å². The number of rotatable bonds is 6. The maximum atomic E-state index is 8.71. The molecule has 0 spiro atoms. The predicted molar refractivity (Wildman–Crippen MR) is 81.6 cm³/mol. The molecule has 0 unspecified atom stereocenters. The summed E-state index contributed by atoms with van der Waals surface area (Å²) in [7, 11) is 1.98. The molecule has 1 saturated carbocycles. The van der Waals surface area contributed by atoms with Gasteiger partial charge in [0.1, 0.15) is 17.5 Å². The third-order valence-corrected chi connectivity index (χ3v) is 4.49. The fraction of sp³-hybridized carbons (Fsp3) is 0.500. The van der Waals surface area contributed by atoms with Gasteiger partial charge in [-0.1, -0.05) is 6.92 Å². The molecule has 120 valence electrons. The highest BCUT2D eigenvalue weighted by atomic mass is 16.5. The van der Waals surface area contributed by atoms with Gasteiger partial charge in [0, 0.05) is 6.04 Å². The second-order valence-electron chi connectivity index (χ2n) is 5.81. The van der Waals surface area contributed by atoms with Crippen molar-refractivity contribution in [2.45, 2.75) is 44.2 Å². The number of hydrogen-bond donors (Lipinski definition) is 1. The number of nitriles is 1. The molecule has 7 nitrogen and oxygen atoms in total. The lowest BCUT2D eigenvalue weighted by molar-refractivity contribution is 0.129. The normalized spacial score (nSPS) is 23.1. The van der Waals surface area contributed by atoms with Crippen LogP contribution in [0.3, 0.4) is 0 Å². The van der Waals surface area contributed by atoms with Crippen molar-refractivity contribution in [3.8, 4) is 11.8 Å². The average Bonchev–Trinajstić information content (AvgIpc) is 3.03. The molecule has 0 saturated heterocycles. The van der Waals surface area contributed by atoms with Crippen molar-refractivity contribution in [2.24, 2.45) is 0 Å². The minimum Gasteiger partial charge on any atom is -0.482 e. The Morgan fingerprint density at radius 3 is 2.87 bits per heavy atom. The van der Waals surface area contributed by atoms with Crippen molar-refractivity contribution in [1.29, 1.82) is 5.26 Å². The van der Waals surface area contributed by atoms with Crippen molar-refractivity contribution < 1.29 is 9.15 Å². The molecule has 0 bridgehead atoms. The van der Waals surface area contributed by atoms with Crippen molar-refractivity contribution in [2.75, 3.05) is 7.05 Å². The van der Waals surface area contributed by atoms with E-state index < -0.39 is 0 Å². The topological polar surface area (TPSA) is 96.9 Å². The van der Waals surface area contributed by atoms with E-state index in [1.165, 1.54) is 6.20 Å². The van der Waals surface area contributed by atoms with Crippen LogP contribution in [0.4, 0.5) is 0 Å². The van der Waals surface area contributed by atoms with Gasteiger partial charge in [0.05, 0.1) is 11.6 Å². The van der Waals surface area contributed by atoms with Crippen LogP contribution in [0, 0.1) is 11.3 Å². The summed E-state index contributed by atoms with van der Waals surface area (Å²) in [6.45, 7) is 2.34. The molecule has 1 aliphatic carbocycles. The summed E-state index contributed by atoms with van der Waals surface area (Å²) in [5.74, 6) is 1.71. The van der Waals surface area contributed by atoms with Crippen molar-refractivity contribution in [1.82, 2.24) is 20.5 Å². The molecule has 2 aromatic rings. The molecular formula is C16H19N5O2. The first-order valence-corrected chi connectivity index (χ1v) is 7.68. The number of aromatic nitrogens is 3. The van der Waals surface area contributed by atoms with E-state index in [1.807, 2.05) is 13.1 Å². The van der Waals surface area contributed by atoms with Crippen LogP contribution in [0.2, 0.25) is 0 Å². The van der Waals surface area contributed by atoms with Crippen LogP contribution in [0.5, 0.6) is 5.75 Å². The first-order chi connectivity index (χ1) is 11.2. The summed E-state index contributed by atoms with van der Waals surface area (Å²) >= 11 is 0. The summed E-state index contributed by atoms with van der Waals surface area (Å²) < 4.78 is 11.4. The Hall–Kier alpha value is -2.46. The summed E-state index contributed by atoms with van der Waals surface area (Å²) in [6.07, 6.45) is 4.52. The van der Waals surface area contributed by atoms with E-state index in [9.17, 15) is 0 Å². The Labute approximate surface area is 134 Å². The molecule has 7 heteroatoms. The van der Waals surface area contributed by atoms with Crippen LogP contribution in [0.15, 0.2) is 22.7 Å².